The topological polar surface area (TPSA) is 43.2 Å². The van der Waals surface area contributed by atoms with Crippen LogP contribution in [0.15, 0.2) is 18.3 Å². The van der Waals surface area contributed by atoms with E-state index in [1.165, 1.54) is 32.4 Å². The van der Waals surface area contributed by atoms with E-state index in [2.05, 4.69) is 20.9 Å². The van der Waals surface area contributed by atoms with Crippen LogP contribution in [-0.4, -0.2) is 42.1 Å². The molecule has 18 heavy (non-hydrogen) atoms. The van der Waals surface area contributed by atoms with Crippen LogP contribution in [0.5, 0.6) is 0 Å². The maximum absolute atomic E-state index is 9.11. The minimum Gasteiger partial charge on any atom is -0.368 e. The number of pyridine rings is 1. The van der Waals surface area contributed by atoms with E-state index in [0.717, 1.165) is 18.8 Å². The summed E-state index contributed by atoms with van der Waals surface area (Å²) < 4.78 is 0. The van der Waals surface area contributed by atoms with E-state index in [-0.39, 0.29) is 0 Å². The molecule has 3 heterocycles. The second kappa shape index (κ2) is 4.95. The van der Waals surface area contributed by atoms with E-state index in [1.807, 2.05) is 12.1 Å². The number of hydrogen-bond donors (Lipinski definition) is 0. The van der Waals surface area contributed by atoms with Crippen molar-refractivity contribution in [2.24, 2.45) is 0 Å². The van der Waals surface area contributed by atoms with Crippen molar-refractivity contribution in [1.82, 2.24) is 9.88 Å². The molecule has 0 radical (unpaired) electrons. The van der Waals surface area contributed by atoms with Gasteiger partial charge < -0.3 is 4.90 Å². The summed E-state index contributed by atoms with van der Waals surface area (Å²) in [6, 6.07) is 6.78. The van der Waals surface area contributed by atoms with Crippen molar-refractivity contribution < 1.29 is 0 Å². The summed E-state index contributed by atoms with van der Waals surface area (Å²) >= 11 is 0. The smallest absolute Gasteiger partial charge is 0.163 e. The zero-order valence-electron chi connectivity index (χ0n) is 10.5. The Labute approximate surface area is 108 Å². The largest absolute Gasteiger partial charge is 0.368 e. The molecule has 2 aliphatic heterocycles. The van der Waals surface area contributed by atoms with Gasteiger partial charge in [0.2, 0.25) is 0 Å². The van der Waals surface area contributed by atoms with E-state index >= 15 is 0 Å². The molecule has 0 N–H and O–H groups in total. The van der Waals surface area contributed by atoms with Crippen molar-refractivity contribution >= 4 is 5.69 Å². The average molecular weight is 242 g/mol. The van der Waals surface area contributed by atoms with Crippen LogP contribution in [0.1, 0.15) is 25.0 Å². The van der Waals surface area contributed by atoms with Crippen LogP contribution in [0.25, 0.3) is 0 Å². The van der Waals surface area contributed by atoms with Gasteiger partial charge in [0, 0.05) is 25.3 Å². The van der Waals surface area contributed by atoms with Crippen molar-refractivity contribution in [3.8, 4) is 6.07 Å². The Bertz CT molecular complexity index is 459. The molecule has 4 heteroatoms. The van der Waals surface area contributed by atoms with Gasteiger partial charge in [0.25, 0.3) is 0 Å². The monoisotopic (exact) mass is 242 g/mol. The van der Waals surface area contributed by atoms with Crippen molar-refractivity contribution in [3.05, 3.63) is 24.0 Å². The molecule has 0 spiro atoms. The van der Waals surface area contributed by atoms with Crippen LogP contribution in [0.3, 0.4) is 0 Å². The molecule has 1 atom stereocenters. The predicted octanol–water partition coefficient (Wildman–Crippen LogP) is 1.63. The van der Waals surface area contributed by atoms with E-state index in [4.69, 9.17) is 5.26 Å². The first-order valence-electron chi connectivity index (χ1n) is 6.72. The Morgan fingerprint density at radius 1 is 1.28 bits per heavy atom. The van der Waals surface area contributed by atoms with Crippen LogP contribution in [0, 0.1) is 11.3 Å². The number of rotatable bonds is 2. The fraction of sp³-hybridized carbons (Fsp3) is 0.571. The van der Waals surface area contributed by atoms with Gasteiger partial charge in [0.05, 0.1) is 5.69 Å². The first-order valence-corrected chi connectivity index (χ1v) is 6.72. The van der Waals surface area contributed by atoms with Crippen LogP contribution in [0.4, 0.5) is 5.69 Å². The Kier molecular flexibility index (Phi) is 3.16. The van der Waals surface area contributed by atoms with Crippen LogP contribution in [0.2, 0.25) is 0 Å². The van der Waals surface area contributed by atoms with Crippen molar-refractivity contribution in [1.29, 1.82) is 5.26 Å². The standard InChI is InChI=1S/C14H18N4/c15-10-13-14(4-3-6-16-13)18-9-5-12(11-18)17-7-1-2-8-17/h3-4,6,12H,1-2,5,7-9,11H2. The molecule has 0 bridgehead atoms. The fourth-order valence-electron chi connectivity index (χ4n) is 3.10. The molecule has 2 aliphatic rings. The molecular weight excluding hydrogens is 224 g/mol. The number of anilines is 1. The van der Waals surface area contributed by atoms with Gasteiger partial charge in [-0.05, 0) is 44.5 Å². The second-order valence-electron chi connectivity index (χ2n) is 5.11. The number of nitriles is 1. The third-order valence-corrected chi connectivity index (χ3v) is 4.05. The van der Waals surface area contributed by atoms with Crippen molar-refractivity contribution in [2.45, 2.75) is 25.3 Å². The second-order valence-corrected chi connectivity index (χ2v) is 5.11. The van der Waals surface area contributed by atoms with Crippen molar-refractivity contribution in [2.75, 3.05) is 31.1 Å². The zero-order valence-corrected chi connectivity index (χ0v) is 10.5. The molecule has 2 fully saturated rings. The van der Waals surface area contributed by atoms with E-state index < -0.39 is 0 Å². The molecule has 2 saturated heterocycles. The van der Waals surface area contributed by atoms with Gasteiger partial charge in [-0.2, -0.15) is 5.26 Å². The Morgan fingerprint density at radius 3 is 2.89 bits per heavy atom. The zero-order chi connectivity index (χ0) is 12.4. The highest BCUT2D eigenvalue weighted by molar-refractivity contribution is 5.56. The number of likely N-dealkylation sites (tertiary alicyclic amines) is 1. The fourth-order valence-corrected chi connectivity index (χ4v) is 3.10. The number of nitrogens with zero attached hydrogens (tertiary/aromatic N) is 4. The summed E-state index contributed by atoms with van der Waals surface area (Å²) in [6.07, 6.45) is 5.58. The van der Waals surface area contributed by atoms with Crippen molar-refractivity contribution in [3.63, 3.8) is 0 Å². The molecule has 1 unspecified atom stereocenters. The average Bonchev–Trinajstić information content (AvgIpc) is 3.09. The molecule has 3 rings (SSSR count). The molecule has 0 aliphatic carbocycles. The van der Waals surface area contributed by atoms with Crippen LogP contribution >= 0.6 is 0 Å². The highest BCUT2D eigenvalue weighted by Gasteiger charge is 2.30. The first kappa shape index (κ1) is 11.5. The third kappa shape index (κ3) is 2.06. The highest BCUT2D eigenvalue weighted by Crippen LogP contribution is 2.26. The Morgan fingerprint density at radius 2 is 2.11 bits per heavy atom. The summed E-state index contributed by atoms with van der Waals surface area (Å²) in [6.45, 7) is 4.58. The molecule has 1 aromatic heterocycles. The Balaban J connectivity index is 1.73. The van der Waals surface area contributed by atoms with Gasteiger partial charge in [-0.15, -0.1) is 0 Å². The molecule has 94 valence electrons. The Hall–Kier alpha value is -1.60. The lowest BCUT2D eigenvalue weighted by molar-refractivity contribution is 0.260. The SMILES string of the molecule is N#Cc1ncccc1N1CCC(N2CCCC2)C1. The van der Waals surface area contributed by atoms with Gasteiger partial charge in [0.1, 0.15) is 6.07 Å². The first-order chi connectivity index (χ1) is 8.88. The number of aromatic nitrogens is 1. The van der Waals surface area contributed by atoms with Gasteiger partial charge in [-0.25, -0.2) is 4.98 Å². The minimum absolute atomic E-state index is 0.555. The van der Waals surface area contributed by atoms with E-state index in [1.54, 1.807) is 6.20 Å². The summed E-state index contributed by atoms with van der Waals surface area (Å²) in [5.41, 5.74) is 1.56. The third-order valence-electron chi connectivity index (χ3n) is 4.05. The van der Waals surface area contributed by atoms with Crippen LogP contribution in [-0.2, 0) is 0 Å². The van der Waals surface area contributed by atoms with E-state index in [9.17, 15) is 0 Å². The molecule has 4 nitrogen and oxygen atoms in total. The van der Waals surface area contributed by atoms with Crippen LogP contribution < -0.4 is 4.90 Å². The molecule has 0 aromatic carbocycles. The quantitative estimate of drug-likeness (QED) is 0.790. The van der Waals surface area contributed by atoms with Gasteiger partial charge in [-0.1, -0.05) is 0 Å². The molecular formula is C14H18N4. The molecule has 0 amide bonds. The predicted molar refractivity (Wildman–Crippen MR) is 70.4 cm³/mol. The molecule has 0 saturated carbocycles. The highest BCUT2D eigenvalue weighted by atomic mass is 15.3. The lowest BCUT2D eigenvalue weighted by Gasteiger charge is -2.24. The summed E-state index contributed by atoms with van der Waals surface area (Å²) in [4.78, 5) is 9.06. The minimum atomic E-state index is 0.555. The number of hydrogen-bond acceptors (Lipinski definition) is 4. The van der Waals surface area contributed by atoms with E-state index in [0.29, 0.717) is 11.7 Å². The maximum atomic E-state index is 9.11. The normalized spacial score (nSPS) is 24.4. The van der Waals surface area contributed by atoms with Gasteiger partial charge in [0.15, 0.2) is 5.69 Å². The summed E-state index contributed by atoms with van der Waals surface area (Å²) in [5.74, 6) is 0. The summed E-state index contributed by atoms with van der Waals surface area (Å²) in [5, 5.41) is 9.11. The van der Waals surface area contributed by atoms with Gasteiger partial charge >= 0.3 is 0 Å². The van der Waals surface area contributed by atoms with Gasteiger partial charge in [-0.3, -0.25) is 4.90 Å². The summed E-state index contributed by atoms with van der Waals surface area (Å²) in [7, 11) is 0. The lowest BCUT2D eigenvalue weighted by atomic mass is 10.2. The lowest BCUT2D eigenvalue weighted by Crippen LogP contribution is -2.35. The molecule has 1 aromatic rings. The maximum Gasteiger partial charge on any atom is 0.163 e.